The van der Waals surface area contributed by atoms with Crippen molar-refractivity contribution < 1.29 is 5.48 Å². The van der Waals surface area contributed by atoms with Crippen molar-refractivity contribution in [3.05, 3.63) is 0 Å². The van der Waals surface area contributed by atoms with E-state index in [1.165, 1.54) is 0 Å². The standard InChI is InChI=1S/C3H6BrCl/c4-2-1-3-5/h1-3H2/i1D2,3D2. The van der Waals surface area contributed by atoms with Crippen molar-refractivity contribution in [1.29, 1.82) is 0 Å². The number of hydrogen-bond acceptors (Lipinski definition) is 0. The number of hydrogen-bond donors (Lipinski definition) is 0. The molecule has 0 N–H and O–H groups in total. The van der Waals surface area contributed by atoms with Crippen LogP contribution in [0, 0.1) is 0 Å². The Morgan fingerprint density at radius 3 is 2.60 bits per heavy atom. The Labute approximate surface area is 51.3 Å². The molecule has 0 fully saturated rings. The highest BCUT2D eigenvalue weighted by Crippen LogP contribution is 1.87. The van der Waals surface area contributed by atoms with E-state index in [1.54, 1.807) is 0 Å². The third kappa shape index (κ3) is 4.77. The molecule has 0 aromatic rings. The molecular formula is C3H6BrCl. The average molecular weight is 161 g/mol. The summed E-state index contributed by atoms with van der Waals surface area (Å²) in [6, 6.07) is 0. The summed E-state index contributed by atoms with van der Waals surface area (Å²) < 4.78 is 27.4. The summed E-state index contributed by atoms with van der Waals surface area (Å²) in [7, 11) is 0. The Kier molecular flexibility index (Phi) is 1.63. The predicted molar refractivity (Wildman–Crippen MR) is 29.1 cm³/mol. The number of rotatable bonds is 2. The van der Waals surface area contributed by atoms with E-state index in [4.69, 9.17) is 17.1 Å². The van der Waals surface area contributed by atoms with Gasteiger partial charge in [-0.1, -0.05) is 15.9 Å². The normalized spacial score (nSPS) is 26.0. The van der Waals surface area contributed by atoms with Crippen molar-refractivity contribution in [2.24, 2.45) is 0 Å². The highest BCUT2D eigenvalue weighted by Gasteiger charge is 1.71. The van der Waals surface area contributed by atoms with Crippen LogP contribution in [0.25, 0.3) is 0 Å². The van der Waals surface area contributed by atoms with Gasteiger partial charge in [0.2, 0.25) is 0 Å². The minimum atomic E-state index is -2.30. The van der Waals surface area contributed by atoms with Crippen LogP contribution in [0.1, 0.15) is 11.9 Å². The van der Waals surface area contributed by atoms with Gasteiger partial charge in [0, 0.05) is 16.6 Å². The summed E-state index contributed by atoms with van der Waals surface area (Å²) in [5.74, 6) is -2.30. The molecule has 0 bridgehead atoms. The Bertz CT molecular complexity index is 98.5. The molecule has 32 valence electrons. The van der Waals surface area contributed by atoms with Crippen LogP contribution in [0.4, 0.5) is 0 Å². The predicted octanol–water partition coefficient (Wildman–Crippen LogP) is 2.01. The second kappa shape index (κ2) is 4.77. The second-order valence-electron chi connectivity index (χ2n) is 0.405. The first kappa shape index (κ1) is 1.71. The van der Waals surface area contributed by atoms with Crippen LogP contribution >= 0.6 is 27.5 Å². The maximum absolute atomic E-state index is 6.94. The van der Waals surface area contributed by atoms with Gasteiger partial charge in [-0.25, -0.2) is 0 Å². The molecule has 0 rings (SSSR count). The summed E-state index contributed by atoms with van der Waals surface area (Å²) in [6.07, 6.45) is -2.01. The molecule has 0 spiro atoms. The van der Waals surface area contributed by atoms with E-state index in [2.05, 4.69) is 15.9 Å². The molecule has 0 aliphatic rings. The molecule has 0 aromatic heterocycles. The molecule has 0 atom stereocenters. The summed E-state index contributed by atoms with van der Waals surface area (Å²) in [5, 5.41) is -0.101. The minimum Gasteiger partial charge on any atom is -0.127 e. The van der Waals surface area contributed by atoms with Crippen LogP contribution < -0.4 is 0 Å². The smallest absolute Gasteiger partial charge is 0.0435 e. The van der Waals surface area contributed by atoms with Gasteiger partial charge in [0.1, 0.15) is 0 Å². The van der Waals surface area contributed by atoms with Gasteiger partial charge in [-0.2, -0.15) is 0 Å². The summed E-state index contributed by atoms with van der Waals surface area (Å²) in [6.45, 7) is 0. The maximum atomic E-state index is 6.94. The Morgan fingerprint density at radius 2 is 2.60 bits per heavy atom. The largest absolute Gasteiger partial charge is 0.127 e. The molecule has 0 amide bonds. The van der Waals surface area contributed by atoms with Crippen molar-refractivity contribution >= 4 is 27.5 Å². The van der Waals surface area contributed by atoms with E-state index in [-0.39, 0.29) is 5.33 Å². The zero-order valence-corrected chi connectivity index (χ0v) is 4.80. The van der Waals surface area contributed by atoms with E-state index in [9.17, 15) is 0 Å². The van der Waals surface area contributed by atoms with Gasteiger partial charge in [-0.05, 0) is 6.37 Å². The lowest BCUT2D eigenvalue weighted by atomic mass is 10.6. The zero-order chi connectivity index (χ0) is 7.71. The number of halogens is 2. The van der Waals surface area contributed by atoms with Crippen LogP contribution in [0.2, 0.25) is 0 Å². The van der Waals surface area contributed by atoms with E-state index < -0.39 is 12.2 Å². The van der Waals surface area contributed by atoms with E-state index >= 15 is 0 Å². The molecule has 2 heteroatoms. The van der Waals surface area contributed by atoms with Crippen molar-refractivity contribution in [2.75, 3.05) is 11.2 Å². The first-order valence-corrected chi connectivity index (χ1v) is 2.56. The second-order valence-corrected chi connectivity index (χ2v) is 1.15. The summed E-state index contributed by atoms with van der Waals surface area (Å²) in [5.41, 5.74) is 0. The van der Waals surface area contributed by atoms with Gasteiger partial charge < -0.3 is 0 Å². The van der Waals surface area contributed by atoms with Crippen LogP contribution in [-0.4, -0.2) is 11.2 Å². The lowest BCUT2D eigenvalue weighted by Gasteiger charge is -1.75. The third-order valence-corrected chi connectivity index (χ3v) is 0.548. The fourth-order valence-electron chi connectivity index (χ4n) is 0.0253. The van der Waals surface area contributed by atoms with Gasteiger partial charge in [0.15, 0.2) is 0 Å². The molecule has 0 heterocycles. The average Bonchev–Trinajstić information content (AvgIpc) is 1.64. The van der Waals surface area contributed by atoms with Crippen LogP contribution in [0.15, 0.2) is 0 Å². The monoisotopic (exact) mass is 160 g/mol. The molecule has 0 aromatic carbocycles. The Balaban J connectivity index is 4.14. The molecule has 0 saturated heterocycles. The Hall–Kier alpha value is 0.770. The quantitative estimate of drug-likeness (QED) is 0.544. The molecule has 5 heavy (non-hydrogen) atoms. The van der Waals surface area contributed by atoms with Crippen molar-refractivity contribution in [3.63, 3.8) is 0 Å². The topological polar surface area (TPSA) is 0 Å². The molecular weight excluding hydrogens is 151 g/mol. The zero-order valence-electron chi connectivity index (χ0n) is 6.46. The highest BCUT2D eigenvalue weighted by atomic mass is 79.9. The molecule has 0 nitrogen and oxygen atoms in total. The third-order valence-electron chi connectivity index (χ3n) is 0.134. The van der Waals surface area contributed by atoms with Gasteiger partial charge in [-0.3, -0.25) is 0 Å². The van der Waals surface area contributed by atoms with E-state index in [0.717, 1.165) is 0 Å². The Morgan fingerprint density at radius 1 is 2.00 bits per heavy atom. The van der Waals surface area contributed by atoms with Crippen molar-refractivity contribution in [2.45, 2.75) is 6.37 Å². The molecule has 0 radical (unpaired) electrons. The molecule has 0 saturated carbocycles. The lowest BCUT2D eigenvalue weighted by Crippen LogP contribution is -1.70. The molecule has 0 unspecified atom stereocenters. The van der Waals surface area contributed by atoms with Crippen LogP contribution in [-0.2, 0) is 0 Å². The SMILES string of the molecule is [2H]C([2H])(Cl)C([2H])([2H])CBr. The van der Waals surface area contributed by atoms with Crippen LogP contribution in [0.3, 0.4) is 0 Å². The summed E-state index contributed by atoms with van der Waals surface area (Å²) in [4.78, 5) is 0. The van der Waals surface area contributed by atoms with Gasteiger partial charge in [-0.15, -0.1) is 11.6 Å². The minimum absolute atomic E-state index is 0.101. The fraction of sp³-hybridized carbons (Fsp3) is 1.00. The fourth-order valence-corrected chi connectivity index (χ4v) is 0.394. The lowest BCUT2D eigenvalue weighted by molar-refractivity contribution is 1.13. The molecule has 0 aliphatic heterocycles. The summed E-state index contributed by atoms with van der Waals surface area (Å²) >= 11 is 7.86. The molecule has 0 aliphatic carbocycles. The highest BCUT2D eigenvalue weighted by molar-refractivity contribution is 9.09. The first-order chi connectivity index (χ1) is 3.81. The van der Waals surface area contributed by atoms with Gasteiger partial charge in [0.25, 0.3) is 0 Å². The van der Waals surface area contributed by atoms with E-state index in [1.807, 2.05) is 0 Å². The van der Waals surface area contributed by atoms with Gasteiger partial charge in [0.05, 0.1) is 0 Å². The van der Waals surface area contributed by atoms with E-state index in [0.29, 0.717) is 0 Å². The van der Waals surface area contributed by atoms with Crippen LogP contribution in [0.5, 0.6) is 0 Å². The van der Waals surface area contributed by atoms with Crippen molar-refractivity contribution in [3.8, 4) is 0 Å². The van der Waals surface area contributed by atoms with Gasteiger partial charge >= 0.3 is 0 Å². The first-order valence-electron chi connectivity index (χ1n) is 3.06. The van der Waals surface area contributed by atoms with Crippen molar-refractivity contribution in [1.82, 2.24) is 0 Å². The number of alkyl halides is 2. The maximum Gasteiger partial charge on any atom is 0.0435 e.